The van der Waals surface area contributed by atoms with Crippen molar-refractivity contribution >= 4 is 80.4 Å². The van der Waals surface area contributed by atoms with E-state index >= 15 is 0 Å². The van der Waals surface area contributed by atoms with Crippen molar-refractivity contribution in [1.29, 1.82) is 0 Å². The van der Waals surface area contributed by atoms with Crippen LogP contribution < -0.4 is 55.7 Å². The summed E-state index contributed by atoms with van der Waals surface area (Å²) in [5.74, 6) is 0.669. The van der Waals surface area contributed by atoms with Crippen LogP contribution in [0.15, 0.2) is 157 Å². The number of carbonyl (C=O) groups is 6. The maximum atomic E-state index is 12.0. The first-order valence-electron chi connectivity index (χ1n) is 33.0. The number of fused-ring (bicyclic) bond motifs is 4. The number of nitrogen functional groups attached to an aromatic ring is 1. The number of carboxylic acid groups (broad SMARTS) is 1. The minimum absolute atomic E-state index is 0.160. The molecular weight excluding hydrogens is 1260 g/mol. The van der Waals surface area contributed by atoms with Crippen LogP contribution in [0.2, 0.25) is 0 Å². The van der Waals surface area contributed by atoms with Crippen molar-refractivity contribution in [1.82, 2.24) is 14.4 Å². The summed E-state index contributed by atoms with van der Waals surface area (Å²) in [4.78, 5) is 73.9. The van der Waals surface area contributed by atoms with E-state index < -0.39 is 23.8 Å². The molecule has 3 aliphatic heterocycles. The molecule has 9 rings (SSSR count). The first kappa shape index (κ1) is 77.1. The number of urea groups is 1. The number of carboxylic acids is 1. The average Bonchev–Trinajstić information content (AvgIpc) is 0.751. The number of nitrogens with two attached hydrogens (primary N) is 2. The molecule has 0 aromatic heterocycles. The van der Waals surface area contributed by atoms with E-state index in [9.17, 15) is 24.0 Å². The molecule has 0 atom stereocenters. The summed E-state index contributed by atoms with van der Waals surface area (Å²) in [6.45, 7) is 35.5. The standard InChI is InChI=1S/C41H50N3O4.C29H33N3O4.C6H8N2O3.C2H4O2/c1-9-21-43(22-10-2)31-17-19-33-38(27-31)48-39-28-32(44(23-11-3)24-12-4)18-20-34(39)41(33)35-26-30(7)36(29-37(35)46-8)42(13-5)25-15-16-40(45)47-14-6;1-5-32(13-7-8-28(33)35-6-2)24-17-25(34-4)23(14-18(24)3)29-21-11-9-19(30)15-26(21)36-27-16-20(31)10-12-22(27)29;1-7-4(9)3-5(10)8(2)6(7)11;1-2(3)4/h9-12,17-20,26-29H,1-4,13-16,21-25H2,5-8H3;9-12,14-17,30H,5-8,13,31H2,1-4H3;3H2,1-2H3;1H3,(H,3,4)/q+1;;;. The highest BCUT2D eigenvalue weighted by Crippen LogP contribution is 2.48. The summed E-state index contributed by atoms with van der Waals surface area (Å²) in [6.07, 6.45) is 9.57. The summed E-state index contributed by atoms with van der Waals surface area (Å²) in [7, 11) is 6.11. The lowest BCUT2D eigenvalue weighted by Crippen LogP contribution is -2.51. The maximum Gasteiger partial charge on any atom is 0.332 e. The molecule has 21 heteroatoms. The number of hydrogen-bond acceptors (Lipinski definition) is 17. The minimum Gasteiger partial charge on any atom is -0.550 e. The predicted octanol–water partition coefficient (Wildman–Crippen LogP) is 10.1. The van der Waals surface area contributed by atoms with Crippen molar-refractivity contribution in [2.45, 2.75) is 80.6 Å². The minimum atomic E-state index is -1.08. The van der Waals surface area contributed by atoms with Gasteiger partial charge in [-0.1, -0.05) is 25.3 Å². The zero-order valence-electron chi connectivity index (χ0n) is 59.1. The van der Waals surface area contributed by atoms with Crippen LogP contribution in [0.25, 0.3) is 66.8 Å². The first-order chi connectivity index (χ1) is 47.5. The van der Waals surface area contributed by atoms with Gasteiger partial charge < -0.3 is 58.1 Å². The third-order valence-corrected chi connectivity index (χ3v) is 16.5. The van der Waals surface area contributed by atoms with Crippen LogP contribution >= 0.6 is 0 Å². The number of barbiturate groups is 1. The van der Waals surface area contributed by atoms with E-state index in [1.54, 1.807) is 14.2 Å². The van der Waals surface area contributed by atoms with E-state index in [4.69, 9.17) is 48.8 Å². The van der Waals surface area contributed by atoms with Gasteiger partial charge in [0.15, 0.2) is 18.4 Å². The summed E-state index contributed by atoms with van der Waals surface area (Å²) in [6, 6.07) is 32.1. The number of amides is 4. The number of benzene rings is 6. The Balaban J connectivity index is 0.000000264. The molecule has 0 spiro atoms. The van der Waals surface area contributed by atoms with Gasteiger partial charge in [-0.05, 0) is 133 Å². The molecule has 4 aromatic carbocycles. The molecule has 0 saturated carbocycles. The second-order valence-corrected chi connectivity index (χ2v) is 23.3. The van der Waals surface area contributed by atoms with Crippen LogP contribution in [0.1, 0.15) is 77.8 Å². The Labute approximate surface area is 580 Å². The highest BCUT2D eigenvalue weighted by atomic mass is 16.5. The quantitative estimate of drug-likeness (QED) is 0.0121. The first-order valence-corrected chi connectivity index (χ1v) is 33.0. The van der Waals surface area contributed by atoms with Crippen LogP contribution in [0, 0.1) is 13.8 Å². The molecule has 0 unspecified atom stereocenters. The van der Waals surface area contributed by atoms with Crippen molar-refractivity contribution < 1.29 is 67.1 Å². The third kappa shape index (κ3) is 19.6. The Hall–Kier alpha value is -11.0. The van der Waals surface area contributed by atoms with Gasteiger partial charge in [-0.3, -0.25) is 34.4 Å². The molecule has 1 fully saturated rings. The average molecular weight is 1350 g/mol. The molecule has 4 amide bonds. The van der Waals surface area contributed by atoms with Gasteiger partial charge in [0.2, 0.25) is 17.2 Å². The molecular formula is C78H95N8O13+. The fourth-order valence-electron chi connectivity index (χ4n) is 11.7. The largest absolute Gasteiger partial charge is 0.550 e. The van der Waals surface area contributed by atoms with Crippen molar-refractivity contribution in [3.8, 4) is 56.4 Å². The lowest BCUT2D eigenvalue weighted by molar-refractivity contribution is -0.302. The van der Waals surface area contributed by atoms with E-state index in [2.05, 4.69) is 134 Å². The smallest absolute Gasteiger partial charge is 0.332 e. The monoisotopic (exact) mass is 1350 g/mol. The second-order valence-electron chi connectivity index (χ2n) is 23.3. The Morgan fingerprint density at radius 2 is 1.07 bits per heavy atom. The SMILES string of the molecule is C=CCN(CC=C)c1ccc2c(-c3cc(C)c(N(CC)CCCC(=O)OCC)cc3OC)c3ccc(=[N+](CC=C)CC=C)cc-3oc2c1.CC(=O)[O-].CCOC(=O)CCCN(CC)c1cc(OC)c(-c2c3ccc(=[NH2+])cc-3oc3cc(N)ccc23)cc1C.CN1C(=O)CC(=O)N(C)C1=O. The van der Waals surface area contributed by atoms with Crippen molar-refractivity contribution in [3.63, 3.8) is 0 Å². The Morgan fingerprint density at radius 3 is 1.52 bits per heavy atom. The Bertz CT molecular complexity index is 4270. The number of methoxy groups -OCH3 is 2. The highest BCUT2D eigenvalue weighted by Gasteiger charge is 2.33. The maximum absolute atomic E-state index is 12.0. The topological polar surface area (TPSA) is 260 Å². The van der Waals surface area contributed by atoms with Gasteiger partial charge >= 0.3 is 18.0 Å². The number of rotatable bonds is 27. The van der Waals surface area contributed by atoms with Crippen molar-refractivity contribution in [2.24, 2.45) is 0 Å². The molecule has 21 nitrogen and oxygen atoms in total. The molecule has 5 aliphatic rings. The van der Waals surface area contributed by atoms with Gasteiger partial charge in [0.1, 0.15) is 40.6 Å². The fraction of sp³-hybridized carbons (Fsp3) is 0.333. The highest BCUT2D eigenvalue weighted by molar-refractivity contribution is 6.13. The number of carbonyl (C=O) groups excluding carboxylic acids is 6. The van der Waals surface area contributed by atoms with Gasteiger partial charge in [-0.2, -0.15) is 0 Å². The zero-order valence-corrected chi connectivity index (χ0v) is 59.1. The van der Waals surface area contributed by atoms with E-state index in [0.717, 1.165) is 143 Å². The van der Waals surface area contributed by atoms with Crippen LogP contribution in [-0.2, 0) is 33.4 Å². The summed E-state index contributed by atoms with van der Waals surface area (Å²) < 4.78 is 37.4. The third-order valence-electron chi connectivity index (χ3n) is 16.5. The lowest BCUT2D eigenvalue weighted by Gasteiger charge is -2.27. The van der Waals surface area contributed by atoms with Gasteiger partial charge in [0.25, 0.3) is 0 Å². The predicted molar refractivity (Wildman–Crippen MR) is 390 cm³/mol. The molecule has 3 heterocycles. The number of esters is 2. The Morgan fingerprint density at radius 1 is 0.616 bits per heavy atom. The normalized spacial score (nSPS) is 11.7. The number of ether oxygens (including phenoxy) is 4. The van der Waals surface area contributed by atoms with Crippen molar-refractivity contribution in [2.75, 3.05) is 114 Å². The summed E-state index contributed by atoms with van der Waals surface area (Å²) in [5, 5.41) is 18.5. The van der Waals surface area contributed by atoms with Crippen LogP contribution in [0.4, 0.5) is 27.5 Å². The molecule has 4 aromatic rings. The van der Waals surface area contributed by atoms with Gasteiger partial charge in [0, 0.05) is 175 Å². The molecule has 99 heavy (non-hydrogen) atoms. The van der Waals surface area contributed by atoms with Crippen molar-refractivity contribution in [3.05, 3.63) is 170 Å². The molecule has 4 N–H and O–H groups in total. The molecule has 0 radical (unpaired) electrons. The summed E-state index contributed by atoms with van der Waals surface area (Å²) >= 11 is 0. The number of aliphatic carboxylic acids is 1. The van der Waals surface area contributed by atoms with E-state index in [0.29, 0.717) is 87.5 Å². The van der Waals surface area contributed by atoms with Gasteiger partial charge in [0.05, 0.1) is 39.6 Å². The number of aryl methyl sites for hydroxylation is 2. The second kappa shape index (κ2) is 37.0. The fourth-order valence-corrected chi connectivity index (χ4v) is 11.7. The Kier molecular flexibility index (Phi) is 28.8. The van der Waals surface area contributed by atoms with Gasteiger partial charge in [-0.25, -0.2) is 9.37 Å². The van der Waals surface area contributed by atoms with E-state index in [-0.39, 0.29) is 18.4 Å². The number of nitrogens with zero attached hydrogens (tertiary/aromatic N) is 6. The molecule has 524 valence electrons. The molecule has 1 saturated heterocycles. The molecule has 0 bridgehead atoms. The number of anilines is 4. The van der Waals surface area contributed by atoms with Crippen LogP contribution in [0.5, 0.6) is 11.5 Å². The lowest BCUT2D eigenvalue weighted by atomic mass is 9.91. The number of hydrogen-bond donors (Lipinski definition) is 2. The summed E-state index contributed by atoms with van der Waals surface area (Å²) in [5.41, 5.74) is 19.4. The van der Waals surface area contributed by atoms with Gasteiger partial charge in [-0.15, -0.1) is 13.2 Å². The van der Waals surface area contributed by atoms with Crippen LogP contribution in [0.3, 0.4) is 0 Å². The van der Waals surface area contributed by atoms with E-state index in [1.807, 2.05) is 74.5 Å². The van der Waals surface area contributed by atoms with Crippen LogP contribution in [-0.4, -0.2) is 139 Å². The molecule has 2 aliphatic carbocycles. The van der Waals surface area contributed by atoms with E-state index in [1.165, 1.54) is 14.1 Å². The zero-order chi connectivity index (χ0) is 72.6. The number of imide groups is 2.